The first-order valence-corrected chi connectivity index (χ1v) is 10.2. The Balaban J connectivity index is 1.43. The first kappa shape index (κ1) is 23.5. The van der Waals surface area contributed by atoms with Gasteiger partial charge < -0.3 is 33.2 Å². The van der Waals surface area contributed by atoms with Crippen LogP contribution in [0.3, 0.4) is 0 Å². The van der Waals surface area contributed by atoms with Crippen LogP contribution in [0, 0.1) is 10.8 Å². The summed E-state index contributed by atoms with van der Waals surface area (Å²) < 4.78 is 38.0. The first-order chi connectivity index (χ1) is 13.7. The van der Waals surface area contributed by atoms with Crippen molar-refractivity contribution in [3.05, 3.63) is 0 Å². The van der Waals surface area contributed by atoms with Gasteiger partial charge in [0.05, 0.1) is 79.3 Å². The van der Waals surface area contributed by atoms with E-state index >= 15 is 0 Å². The molecule has 2 saturated heterocycles. The van der Waals surface area contributed by atoms with Crippen LogP contribution in [0.25, 0.3) is 0 Å². The Hall–Kier alpha value is -0.770. The molecule has 0 bridgehead atoms. The van der Waals surface area contributed by atoms with Crippen LogP contribution in [0.4, 0.5) is 0 Å². The summed E-state index contributed by atoms with van der Waals surface area (Å²) >= 11 is 0. The Morgan fingerprint density at radius 1 is 0.786 bits per heavy atom. The number of hydrogen-bond acceptors (Lipinski definition) is 8. The third kappa shape index (κ3) is 7.57. The number of carbonyl (C=O) groups is 1. The van der Waals surface area contributed by atoms with Crippen molar-refractivity contribution in [2.45, 2.75) is 32.8 Å². The molecule has 0 saturated carbocycles. The highest BCUT2D eigenvalue weighted by atomic mass is 16.6. The lowest BCUT2D eigenvalue weighted by Gasteiger charge is -2.40. The van der Waals surface area contributed by atoms with Gasteiger partial charge in [0.15, 0.2) is 0 Å². The van der Waals surface area contributed by atoms with Gasteiger partial charge in [-0.1, -0.05) is 13.8 Å². The third-order valence-corrected chi connectivity index (χ3v) is 5.55. The van der Waals surface area contributed by atoms with E-state index < -0.39 is 6.10 Å². The maximum absolute atomic E-state index is 10.7. The summed E-state index contributed by atoms with van der Waals surface area (Å²) in [5.41, 5.74) is 0.326. The Morgan fingerprint density at radius 3 is 1.79 bits per heavy atom. The number of ether oxygens (including phenoxy) is 7. The van der Waals surface area contributed by atoms with Crippen LogP contribution in [0.1, 0.15) is 26.7 Å². The Bertz CT molecular complexity index is 411. The molecule has 2 aliphatic heterocycles. The molecule has 28 heavy (non-hydrogen) atoms. The molecule has 0 aromatic heterocycles. The third-order valence-electron chi connectivity index (χ3n) is 5.55. The minimum atomic E-state index is -0.411. The van der Waals surface area contributed by atoms with Gasteiger partial charge >= 0.3 is 0 Å². The quantitative estimate of drug-likeness (QED) is 0.251. The van der Waals surface area contributed by atoms with Gasteiger partial charge in [-0.2, -0.15) is 0 Å². The molecular weight excluding hydrogens is 368 g/mol. The van der Waals surface area contributed by atoms with Crippen LogP contribution in [0.15, 0.2) is 0 Å². The predicted octanol–water partition coefficient (Wildman–Crippen LogP) is 1.45. The molecule has 2 fully saturated rings. The van der Waals surface area contributed by atoms with Crippen LogP contribution >= 0.6 is 0 Å². The number of carbonyl (C=O) groups excluding carboxylic acids is 1. The van der Waals surface area contributed by atoms with Crippen molar-refractivity contribution in [2.24, 2.45) is 10.8 Å². The van der Waals surface area contributed by atoms with Gasteiger partial charge in [0.25, 0.3) is 6.47 Å². The molecule has 2 rings (SSSR count). The fourth-order valence-electron chi connectivity index (χ4n) is 3.01. The zero-order chi connectivity index (χ0) is 20.1. The normalized spacial score (nSPS) is 20.8. The smallest absolute Gasteiger partial charge is 0.293 e. The Kier molecular flexibility index (Phi) is 10.7. The van der Waals surface area contributed by atoms with Gasteiger partial charge in [0, 0.05) is 10.8 Å². The van der Waals surface area contributed by atoms with E-state index in [1.807, 2.05) is 0 Å². The summed E-state index contributed by atoms with van der Waals surface area (Å²) in [7, 11) is 0. The predicted molar refractivity (Wildman–Crippen MR) is 101 cm³/mol. The molecule has 1 unspecified atom stereocenters. The molecule has 0 amide bonds. The molecule has 2 heterocycles. The maximum atomic E-state index is 10.7. The monoisotopic (exact) mass is 404 g/mol. The van der Waals surface area contributed by atoms with E-state index in [1.54, 1.807) is 0 Å². The standard InChI is InChI=1S/C20H36O8/c1-3-19(13-26-14-19)11-24-8-6-22-5-7-23-9-18(28-17-21)10-25-12-20(4-2)15-27-16-20/h17-18H,3-16H2,1-2H3. The Labute approximate surface area is 168 Å². The number of hydrogen-bond donors (Lipinski definition) is 0. The Morgan fingerprint density at radius 2 is 1.29 bits per heavy atom. The van der Waals surface area contributed by atoms with Crippen molar-refractivity contribution < 1.29 is 38.0 Å². The van der Waals surface area contributed by atoms with E-state index in [-0.39, 0.29) is 17.4 Å². The SMILES string of the molecule is CCC1(COCCOCCOCC(COCC2(CC)COC2)OC=O)COC1. The highest BCUT2D eigenvalue weighted by molar-refractivity contribution is 5.37. The second kappa shape index (κ2) is 12.7. The van der Waals surface area contributed by atoms with Gasteiger partial charge in [-0.3, -0.25) is 4.79 Å². The summed E-state index contributed by atoms with van der Waals surface area (Å²) in [6.45, 7) is 11.7. The molecule has 0 radical (unpaired) electrons. The van der Waals surface area contributed by atoms with Crippen molar-refractivity contribution >= 4 is 6.47 Å². The average Bonchev–Trinajstić information content (AvgIpc) is 2.64. The maximum Gasteiger partial charge on any atom is 0.293 e. The van der Waals surface area contributed by atoms with Gasteiger partial charge in [0.2, 0.25) is 0 Å². The molecule has 2 aliphatic rings. The molecule has 0 N–H and O–H groups in total. The zero-order valence-electron chi connectivity index (χ0n) is 17.3. The molecule has 8 heteroatoms. The topological polar surface area (TPSA) is 81.7 Å². The minimum Gasteiger partial charge on any atom is -0.460 e. The largest absolute Gasteiger partial charge is 0.460 e. The van der Waals surface area contributed by atoms with Crippen LogP contribution in [-0.2, 0) is 38.0 Å². The second-order valence-electron chi connectivity index (χ2n) is 7.80. The lowest BCUT2D eigenvalue weighted by atomic mass is 9.84. The van der Waals surface area contributed by atoms with Crippen molar-refractivity contribution in [2.75, 3.05) is 79.3 Å². The van der Waals surface area contributed by atoms with Gasteiger partial charge in [-0.25, -0.2) is 0 Å². The van der Waals surface area contributed by atoms with Crippen LogP contribution in [0.2, 0.25) is 0 Å². The molecule has 0 spiro atoms. The van der Waals surface area contributed by atoms with Gasteiger partial charge in [-0.15, -0.1) is 0 Å². The van der Waals surface area contributed by atoms with Crippen LogP contribution < -0.4 is 0 Å². The van der Waals surface area contributed by atoms with E-state index in [4.69, 9.17) is 33.2 Å². The van der Waals surface area contributed by atoms with Crippen molar-refractivity contribution in [3.63, 3.8) is 0 Å². The fraction of sp³-hybridized carbons (Fsp3) is 0.950. The minimum absolute atomic E-state index is 0.116. The van der Waals surface area contributed by atoms with E-state index in [0.29, 0.717) is 46.1 Å². The van der Waals surface area contributed by atoms with E-state index in [2.05, 4.69) is 13.8 Å². The molecule has 0 aromatic rings. The van der Waals surface area contributed by atoms with E-state index in [0.717, 1.165) is 45.9 Å². The molecule has 0 aliphatic carbocycles. The van der Waals surface area contributed by atoms with E-state index in [1.165, 1.54) is 0 Å². The molecule has 0 aromatic carbocycles. The molecular formula is C20H36O8. The molecule has 164 valence electrons. The van der Waals surface area contributed by atoms with Gasteiger partial charge in [-0.05, 0) is 12.8 Å². The zero-order valence-corrected chi connectivity index (χ0v) is 17.3. The van der Waals surface area contributed by atoms with Crippen molar-refractivity contribution in [1.82, 2.24) is 0 Å². The summed E-state index contributed by atoms with van der Waals surface area (Å²) in [5.74, 6) is 0. The second-order valence-corrected chi connectivity index (χ2v) is 7.80. The van der Waals surface area contributed by atoms with Crippen molar-refractivity contribution in [1.29, 1.82) is 0 Å². The van der Waals surface area contributed by atoms with Crippen LogP contribution in [0.5, 0.6) is 0 Å². The van der Waals surface area contributed by atoms with Crippen molar-refractivity contribution in [3.8, 4) is 0 Å². The molecule has 1 atom stereocenters. The molecule has 8 nitrogen and oxygen atoms in total. The van der Waals surface area contributed by atoms with Crippen LogP contribution in [-0.4, -0.2) is 91.9 Å². The summed E-state index contributed by atoms with van der Waals surface area (Å²) in [4.78, 5) is 10.7. The van der Waals surface area contributed by atoms with E-state index in [9.17, 15) is 4.79 Å². The summed E-state index contributed by atoms with van der Waals surface area (Å²) in [5, 5.41) is 0. The fourth-order valence-corrected chi connectivity index (χ4v) is 3.01. The highest BCUT2D eigenvalue weighted by Gasteiger charge is 2.37. The lowest BCUT2D eigenvalue weighted by Crippen LogP contribution is -2.46. The summed E-state index contributed by atoms with van der Waals surface area (Å²) in [6, 6.07) is 0. The average molecular weight is 405 g/mol. The highest BCUT2D eigenvalue weighted by Crippen LogP contribution is 2.32. The number of rotatable bonds is 18. The van der Waals surface area contributed by atoms with Gasteiger partial charge in [0.1, 0.15) is 6.10 Å². The lowest BCUT2D eigenvalue weighted by molar-refractivity contribution is -0.164. The summed E-state index contributed by atoms with van der Waals surface area (Å²) in [6.07, 6.45) is 1.67. The first-order valence-electron chi connectivity index (χ1n) is 10.2.